The van der Waals surface area contributed by atoms with Gasteiger partial charge >= 0.3 is 0 Å². The number of benzene rings is 1. The minimum atomic E-state index is 0.0929. The molecule has 3 aliphatic rings. The Balaban J connectivity index is 1.87. The van der Waals surface area contributed by atoms with E-state index in [0.29, 0.717) is 12.6 Å². The third-order valence-electron chi connectivity index (χ3n) is 3.97. The number of amides is 1. The molecule has 3 heterocycles. The van der Waals surface area contributed by atoms with Gasteiger partial charge in [-0.2, -0.15) is 0 Å². The van der Waals surface area contributed by atoms with Crippen molar-refractivity contribution in [3.05, 3.63) is 29.8 Å². The molecule has 0 aliphatic carbocycles. The minimum Gasteiger partial charge on any atom is -0.326 e. The zero-order valence-corrected chi connectivity index (χ0v) is 9.97. The van der Waals surface area contributed by atoms with E-state index < -0.39 is 0 Å². The van der Waals surface area contributed by atoms with E-state index in [0.717, 1.165) is 24.2 Å². The van der Waals surface area contributed by atoms with E-state index in [4.69, 9.17) is 5.73 Å². The van der Waals surface area contributed by atoms with Gasteiger partial charge in [-0.05, 0) is 31.2 Å². The summed E-state index contributed by atoms with van der Waals surface area (Å²) in [5, 5.41) is 0. The minimum absolute atomic E-state index is 0.0929. The number of likely N-dealkylation sites (N-methyl/N-ethyl adjacent to an activating group) is 1. The van der Waals surface area contributed by atoms with Gasteiger partial charge in [0.25, 0.3) is 0 Å². The molecule has 1 aromatic carbocycles. The Morgan fingerprint density at radius 2 is 2.29 bits per heavy atom. The van der Waals surface area contributed by atoms with Crippen LogP contribution in [0.4, 0.5) is 5.69 Å². The van der Waals surface area contributed by atoms with Crippen molar-refractivity contribution < 1.29 is 4.79 Å². The van der Waals surface area contributed by atoms with Crippen LogP contribution in [0.25, 0.3) is 0 Å². The fourth-order valence-electron chi connectivity index (χ4n) is 2.75. The summed E-state index contributed by atoms with van der Waals surface area (Å²) in [6, 6.07) is 8.58. The molecule has 0 aromatic heterocycles. The Labute approximate surface area is 101 Å². The van der Waals surface area contributed by atoms with Crippen molar-refractivity contribution in [3.8, 4) is 0 Å². The van der Waals surface area contributed by atoms with Crippen molar-refractivity contribution in [2.45, 2.75) is 25.0 Å². The standard InChI is InChI=1S/C13H17N3O/c1-15-11-6-12(15)13(17)16(8-11)10-4-2-3-9(5-10)7-14/h2-5,11-12H,6-8,14H2,1H3. The molecule has 3 aliphatic heterocycles. The van der Waals surface area contributed by atoms with Crippen molar-refractivity contribution in [1.29, 1.82) is 0 Å². The Hall–Kier alpha value is -1.39. The quantitative estimate of drug-likeness (QED) is 0.809. The van der Waals surface area contributed by atoms with Gasteiger partial charge in [-0.15, -0.1) is 0 Å². The second-order valence-corrected chi connectivity index (χ2v) is 4.89. The zero-order chi connectivity index (χ0) is 12.0. The van der Waals surface area contributed by atoms with Gasteiger partial charge in [0.15, 0.2) is 0 Å². The molecule has 4 rings (SSSR count). The van der Waals surface area contributed by atoms with Crippen LogP contribution in [0, 0.1) is 0 Å². The molecule has 2 unspecified atom stereocenters. The molecule has 90 valence electrons. The Morgan fingerprint density at radius 1 is 1.47 bits per heavy atom. The molecule has 4 nitrogen and oxygen atoms in total. The summed E-state index contributed by atoms with van der Waals surface area (Å²) < 4.78 is 0. The van der Waals surface area contributed by atoms with Crippen molar-refractivity contribution in [2.24, 2.45) is 5.73 Å². The lowest BCUT2D eigenvalue weighted by molar-refractivity contribution is -0.135. The predicted molar refractivity (Wildman–Crippen MR) is 66.6 cm³/mol. The number of hydrogen-bond acceptors (Lipinski definition) is 3. The van der Waals surface area contributed by atoms with Crippen LogP contribution >= 0.6 is 0 Å². The molecule has 0 saturated carbocycles. The van der Waals surface area contributed by atoms with Crippen molar-refractivity contribution in [3.63, 3.8) is 0 Å². The van der Waals surface area contributed by atoms with E-state index in [1.54, 1.807) is 0 Å². The number of nitrogens with zero attached hydrogens (tertiary/aromatic N) is 2. The summed E-state index contributed by atoms with van der Waals surface area (Å²) in [7, 11) is 2.03. The van der Waals surface area contributed by atoms with Crippen molar-refractivity contribution in [1.82, 2.24) is 4.90 Å². The molecule has 1 aromatic rings. The molecule has 3 fully saturated rings. The summed E-state index contributed by atoms with van der Waals surface area (Å²) in [5.41, 5.74) is 7.69. The van der Waals surface area contributed by atoms with Crippen LogP contribution in [0.5, 0.6) is 0 Å². The molecule has 0 radical (unpaired) electrons. The number of piperidine rings is 1. The molecule has 2 N–H and O–H groups in total. The highest BCUT2D eigenvalue weighted by Crippen LogP contribution is 2.34. The van der Waals surface area contributed by atoms with Gasteiger partial charge in [-0.25, -0.2) is 0 Å². The van der Waals surface area contributed by atoms with Crippen LogP contribution < -0.4 is 10.6 Å². The van der Waals surface area contributed by atoms with Gasteiger partial charge in [-0.3, -0.25) is 9.69 Å². The molecule has 3 saturated heterocycles. The SMILES string of the molecule is CN1C2CC1C(=O)N(c1cccc(CN)c1)C2. The van der Waals surface area contributed by atoms with Gasteiger partial charge in [-0.1, -0.05) is 12.1 Å². The number of hydrogen-bond donors (Lipinski definition) is 1. The number of nitrogens with two attached hydrogens (primary N) is 1. The van der Waals surface area contributed by atoms with E-state index >= 15 is 0 Å². The number of fused-ring (bicyclic) bond motifs is 2. The summed E-state index contributed by atoms with van der Waals surface area (Å²) in [5.74, 6) is 0.226. The fourth-order valence-corrected chi connectivity index (χ4v) is 2.75. The maximum Gasteiger partial charge on any atom is 0.244 e. The van der Waals surface area contributed by atoms with E-state index in [1.807, 2.05) is 36.2 Å². The summed E-state index contributed by atoms with van der Waals surface area (Å²) in [6.45, 7) is 1.32. The van der Waals surface area contributed by atoms with Crippen LogP contribution in [0.15, 0.2) is 24.3 Å². The summed E-state index contributed by atoms with van der Waals surface area (Å²) in [4.78, 5) is 16.3. The maximum atomic E-state index is 12.2. The first kappa shape index (κ1) is 10.7. The highest BCUT2D eigenvalue weighted by Gasteiger charge is 2.48. The zero-order valence-electron chi connectivity index (χ0n) is 9.97. The van der Waals surface area contributed by atoms with Crippen LogP contribution in [0.1, 0.15) is 12.0 Å². The monoisotopic (exact) mass is 231 g/mol. The normalized spacial score (nSPS) is 28.1. The van der Waals surface area contributed by atoms with Gasteiger partial charge in [0, 0.05) is 24.8 Å². The Bertz CT molecular complexity index is 460. The number of rotatable bonds is 2. The third kappa shape index (κ3) is 1.56. The Kier molecular flexibility index (Phi) is 2.42. The molecule has 1 amide bonds. The largest absolute Gasteiger partial charge is 0.326 e. The van der Waals surface area contributed by atoms with Crippen LogP contribution in [-0.2, 0) is 11.3 Å². The van der Waals surface area contributed by atoms with Gasteiger partial charge < -0.3 is 10.6 Å². The number of piperazine rings is 1. The number of anilines is 1. The van der Waals surface area contributed by atoms with Crippen LogP contribution in [0.2, 0.25) is 0 Å². The first-order valence-electron chi connectivity index (χ1n) is 6.03. The number of carbonyl (C=O) groups is 1. The van der Waals surface area contributed by atoms with Gasteiger partial charge in [0.1, 0.15) is 0 Å². The van der Waals surface area contributed by atoms with Gasteiger partial charge in [0.05, 0.1) is 6.04 Å². The molecular formula is C13H17N3O. The molecule has 2 atom stereocenters. The second-order valence-electron chi connectivity index (χ2n) is 4.89. The van der Waals surface area contributed by atoms with E-state index in [1.165, 1.54) is 0 Å². The third-order valence-corrected chi connectivity index (χ3v) is 3.97. The molecule has 4 heteroatoms. The summed E-state index contributed by atoms with van der Waals surface area (Å²) in [6.07, 6.45) is 1.02. The van der Waals surface area contributed by atoms with Crippen molar-refractivity contribution >= 4 is 11.6 Å². The Morgan fingerprint density at radius 3 is 2.94 bits per heavy atom. The molecule has 17 heavy (non-hydrogen) atoms. The summed E-state index contributed by atoms with van der Waals surface area (Å²) >= 11 is 0. The lowest BCUT2D eigenvalue weighted by atomic mass is 9.87. The topological polar surface area (TPSA) is 49.6 Å². The first-order valence-corrected chi connectivity index (χ1v) is 6.03. The lowest BCUT2D eigenvalue weighted by Crippen LogP contribution is -2.70. The smallest absolute Gasteiger partial charge is 0.244 e. The second kappa shape index (κ2) is 3.82. The predicted octanol–water partition coefficient (Wildman–Crippen LogP) is 0.565. The average molecular weight is 231 g/mol. The van der Waals surface area contributed by atoms with E-state index in [-0.39, 0.29) is 11.9 Å². The van der Waals surface area contributed by atoms with E-state index in [2.05, 4.69) is 4.90 Å². The average Bonchev–Trinajstić information content (AvgIpc) is 2.37. The van der Waals surface area contributed by atoms with E-state index in [9.17, 15) is 4.79 Å². The molecule has 0 spiro atoms. The van der Waals surface area contributed by atoms with Gasteiger partial charge in [0.2, 0.25) is 5.91 Å². The maximum absolute atomic E-state index is 12.2. The fraction of sp³-hybridized carbons (Fsp3) is 0.462. The molecule has 2 bridgehead atoms. The highest BCUT2D eigenvalue weighted by atomic mass is 16.2. The lowest BCUT2D eigenvalue weighted by Gasteiger charge is -2.53. The van der Waals surface area contributed by atoms with Crippen LogP contribution in [-0.4, -0.2) is 36.5 Å². The highest BCUT2D eigenvalue weighted by molar-refractivity contribution is 5.99. The van der Waals surface area contributed by atoms with Crippen LogP contribution in [0.3, 0.4) is 0 Å². The molecular weight excluding hydrogens is 214 g/mol. The first-order chi connectivity index (χ1) is 8.20. The van der Waals surface area contributed by atoms with Crippen molar-refractivity contribution in [2.75, 3.05) is 18.5 Å². The number of carbonyl (C=O) groups excluding carboxylic acids is 1.